The Kier molecular flexibility index (Phi) is 7.74. The third-order valence-electron chi connectivity index (χ3n) is 5.57. The summed E-state index contributed by atoms with van der Waals surface area (Å²) in [6, 6.07) is 0. The first-order chi connectivity index (χ1) is 9.74. The van der Waals surface area contributed by atoms with Gasteiger partial charge in [0.2, 0.25) is 0 Å². The molecule has 0 saturated heterocycles. The van der Waals surface area contributed by atoms with Gasteiger partial charge in [0, 0.05) is 6.54 Å². The summed E-state index contributed by atoms with van der Waals surface area (Å²) in [5, 5.41) is 3.78. The Balaban J connectivity index is 2.16. The maximum Gasteiger partial charge on any atom is 0.000263 e. The van der Waals surface area contributed by atoms with Gasteiger partial charge in [0.25, 0.3) is 0 Å². The van der Waals surface area contributed by atoms with Crippen molar-refractivity contribution in [3.63, 3.8) is 0 Å². The minimum Gasteiger partial charge on any atom is -0.316 e. The van der Waals surface area contributed by atoms with E-state index in [0.717, 1.165) is 11.8 Å². The second-order valence-electron chi connectivity index (χ2n) is 9.34. The normalized spacial score (nSPS) is 24.3. The van der Waals surface area contributed by atoms with Crippen LogP contribution < -0.4 is 5.32 Å². The number of hydrogen-bond donors (Lipinski definition) is 1. The lowest BCUT2D eigenvalue weighted by molar-refractivity contribution is 0.147. The molecule has 0 heterocycles. The second-order valence-corrected chi connectivity index (χ2v) is 9.34. The monoisotopic (exact) mass is 295 g/mol. The minimum absolute atomic E-state index is 0.470. The zero-order chi connectivity index (χ0) is 15.9. The highest BCUT2D eigenvalue weighted by molar-refractivity contribution is 4.82. The number of nitrogens with one attached hydrogen (secondary N) is 1. The van der Waals surface area contributed by atoms with Crippen LogP contribution in [0.3, 0.4) is 0 Å². The van der Waals surface area contributed by atoms with Crippen LogP contribution in [0.4, 0.5) is 0 Å². The summed E-state index contributed by atoms with van der Waals surface area (Å²) in [4.78, 5) is 0. The highest BCUT2D eigenvalue weighted by Crippen LogP contribution is 2.39. The van der Waals surface area contributed by atoms with Gasteiger partial charge in [0.05, 0.1) is 0 Å². The molecular formula is C20H41N. The summed E-state index contributed by atoms with van der Waals surface area (Å²) in [5.41, 5.74) is 0.984. The SMILES string of the molecule is CCCCCC(C)(C)CNCC1CCC(C(C)(C)C)CC1. The van der Waals surface area contributed by atoms with Crippen LogP contribution in [0.2, 0.25) is 0 Å². The molecule has 126 valence electrons. The molecule has 0 atom stereocenters. The minimum atomic E-state index is 0.470. The maximum absolute atomic E-state index is 3.78. The number of unbranched alkanes of at least 4 members (excludes halogenated alkanes) is 2. The van der Waals surface area contributed by atoms with Crippen LogP contribution in [0.5, 0.6) is 0 Å². The molecule has 21 heavy (non-hydrogen) atoms. The van der Waals surface area contributed by atoms with Crippen molar-refractivity contribution in [2.45, 2.75) is 92.9 Å². The standard InChI is InChI=1S/C20H41N/c1-7-8-9-14-20(5,6)16-21-15-17-10-12-18(13-11-17)19(2,3)4/h17-18,21H,7-16H2,1-6H3. The van der Waals surface area contributed by atoms with E-state index in [-0.39, 0.29) is 0 Å². The highest BCUT2D eigenvalue weighted by Gasteiger charge is 2.29. The number of rotatable bonds is 8. The van der Waals surface area contributed by atoms with E-state index in [1.54, 1.807) is 0 Å². The van der Waals surface area contributed by atoms with Crippen LogP contribution in [0, 0.1) is 22.7 Å². The van der Waals surface area contributed by atoms with Crippen molar-refractivity contribution in [1.29, 1.82) is 0 Å². The Bertz CT molecular complexity index is 266. The van der Waals surface area contributed by atoms with E-state index in [0.29, 0.717) is 10.8 Å². The van der Waals surface area contributed by atoms with Gasteiger partial charge in [-0.05, 0) is 61.3 Å². The fraction of sp³-hybridized carbons (Fsp3) is 1.00. The molecule has 1 nitrogen and oxygen atoms in total. The molecule has 0 aromatic rings. The predicted molar refractivity (Wildman–Crippen MR) is 95.7 cm³/mol. The van der Waals surface area contributed by atoms with Crippen molar-refractivity contribution in [1.82, 2.24) is 5.32 Å². The van der Waals surface area contributed by atoms with E-state index in [9.17, 15) is 0 Å². The maximum atomic E-state index is 3.78. The van der Waals surface area contributed by atoms with Gasteiger partial charge < -0.3 is 5.32 Å². The van der Waals surface area contributed by atoms with Gasteiger partial charge in [-0.1, -0.05) is 60.8 Å². The molecule has 1 fully saturated rings. The van der Waals surface area contributed by atoms with E-state index in [1.165, 1.54) is 64.5 Å². The first kappa shape index (κ1) is 19.0. The Morgan fingerprint density at radius 3 is 2.05 bits per heavy atom. The number of hydrogen-bond acceptors (Lipinski definition) is 1. The molecular weight excluding hydrogens is 254 g/mol. The van der Waals surface area contributed by atoms with Crippen LogP contribution >= 0.6 is 0 Å². The van der Waals surface area contributed by atoms with Gasteiger partial charge >= 0.3 is 0 Å². The molecule has 0 aliphatic heterocycles. The van der Waals surface area contributed by atoms with E-state index in [4.69, 9.17) is 0 Å². The van der Waals surface area contributed by atoms with Crippen molar-refractivity contribution in [3.05, 3.63) is 0 Å². The van der Waals surface area contributed by atoms with Gasteiger partial charge in [-0.15, -0.1) is 0 Å². The van der Waals surface area contributed by atoms with Gasteiger partial charge in [0.1, 0.15) is 0 Å². The van der Waals surface area contributed by atoms with E-state index in [2.05, 4.69) is 46.9 Å². The lowest BCUT2D eigenvalue weighted by Gasteiger charge is -2.37. The lowest BCUT2D eigenvalue weighted by Crippen LogP contribution is -2.35. The highest BCUT2D eigenvalue weighted by atomic mass is 14.9. The van der Waals surface area contributed by atoms with Crippen molar-refractivity contribution in [2.75, 3.05) is 13.1 Å². The molecule has 0 radical (unpaired) electrons. The van der Waals surface area contributed by atoms with Crippen LogP contribution in [0.25, 0.3) is 0 Å². The summed E-state index contributed by atoms with van der Waals surface area (Å²) >= 11 is 0. The first-order valence-corrected chi connectivity index (χ1v) is 9.45. The third-order valence-corrected chi connectivity index (χ3v) is 5.57. The average molecular weight is 296 g/mol. The second kappa shape index (κ2) is 8.56. The summed E-state index contributed by atoms with van der Waals surface area (Å²) in [6.07, 6.45) is 11.2. The largest absolute Gasteiger partial charge is 0.316 e. The molecule has 1 heteroatoms. The van der Waals surface area contributed by atoms with Crippen molar-refractivity contribution < 1.29 is 0 Å². The quantitative estimate of drug-likeness (QED) is 0.539. The van der Waals surface area contributed by atoms with E-state index in [1.807, 2.05) is 0 Å². The molecule has 0 amide bonds. The summed E-state index contributed by atoms with van der Waals surface area (Å²) in [6.45, 7) is 16.8. The molecule has 1 N–H and O–H groups in total. The van der Waals surface area contributed by atoms with Gasteiger partial charge in [-0.3, -0.25) is 0 Å². The Morgan fingerprint density at radius 1 is 0.905 bits per heavy atom. The van der Waals surface area contributed by atoms with Crippen LogP contribution in [0.15, 0.2) is 0 Å². The lowest BCUT2D eigenvalue weighted by atomic mass is 9.70. The topological polar surface area (TPSA) is 12.0 Å². The molecule has 0 bridgehead atoms. The van der Waals surface area contributed by atoms with Crippen LogP contribution in [0.1, 0.15) is 92.9 Å². The predicted octanol–water partition coefficient (Wildman–Crippen LogP) is 6.04. The molecule has 0 spiro atoms. The molecule has 1 saturated carbocycles. The summed E-state index contributed by atoms with van der Waals surface area (Å²) in [5.74, 6) is 1.87. The smallest absolute Gasteiger partial charge is 0.000263 e. The summed E-state index contributed by atoms with van der Waals surface area (Å²) < 4.78 is 0. The molecule has 1 rings (SSSR count). The van der Waals surface area contributed by atoms with Gasteiger partial charge in [0.15, 0.2) is 0 Å². The molecule has 1 aliphatic carbocycles. The molecule has 1 aliphatic rings. The zero-order valence-corrected chi connectivity index (χ0v) is 15.7. The first-order valence-electron chi connectivity index (χ1n) is 9.45. The van der Waals surface area contributed by atoms with E-state index >= 15 is 0 Å². The van der Waals surface area contributed by atoms with Crippen molar-refractivity contribution >= 4 is 0 Å². The Morgan fingerprint density at radius 2 is 1.52 bits per heavy atom. The van der Waals surface area contributed by atoms with Crippen molar-refractivity contribution in [3.8, 4) is 0 Å². The van der Waals surface area contributed by atoms with Crippen LogP contribution in [-0.4, -0.2) is 13.1 Å². The Labute approximate surface area is 134 Å². The van der Waals surface area contributed by atoms with Gasteiger partial charge in [-0.2, -0.15) is 0 Å². The van der Waals surface area contributed by atoms with E-state index < -0.39 is 0 Å². The van der Waals surface area contributed by atoms with Crippen LogP contribution in [-0.2, 0) is 0 Å². The molecule has 0 aromatic carbocycles. The van der Waals surface area contributed by atoms with Gasteiger partial charge in [-0.25, -0.2) is 0 Å². The molecule has 0 unspecified atom stereocenters. The Hall–Kier alpha value is -0.0400. The zero-order valence-electron chi connectivity index (χ0n) is 15.7. The van der Waals surface area contributed by atoms with Crippen molar-refractivity contribution in [2.24, 2.45) is 22.7 Å². The molecule has 0 aromatic heterocycles. The fourth-order valence-corrected chi connectivity index (χ4v) is 3.79. The average Bonchev–Trinajstić information content (AvgIpc) is 2.38. The third kappa shape index (κ3) is 7.68. The fourth-order valence-electron chi connectivity index (χ4n) is 3.79. The summed E-state index contributed by atoms with van der Waals surface area (Å²) in [7, 11) is 0.